The maximum absolute atomic E-state index is 6.77. The Morgan fingerprint density at radius 1 is 0.583 bits per heavy atom. The zero-order valence-corrected chi connectivity index (χ0v) is 26.7. The Morgan fingerprint density at radius 3 is 1.90 bits per heavy atom. The van der Waals surface area contributed by atoms with E-state index in [0.29, 0.717) is 0 Å². The van der Waals surface area contributed by atoms with Gasteiger partial charge >= 0.3 is 0 Å². The van der Waals surface area contributed by atoms with Gasteiger partial charge in [0, 0.05) is 55.1 Å². The Hall–Kier alpha value is -6.06. The third kappa shape index (κ3) is 3.76. The first-order valence-electron chi connectivity index (χ1n) is 16.8. The van der Waals surface area contributed by atoms with E-state index < -0.39 is 0 Å². The molecule has 0 fully saturated rings. The van der Waals surface area contributed by atoms with Gasteiger partial charge in [-0.05, 0) is 89.7 Å². The number of allylic oxidation sites excluding steroid dienone is 5. The van der Waals surface area contributed by atoms with Crippen molar-refractivity contribution in [1.82, 2.24) is 9.13 Å². The first kappa shape index (κ1) is 27.1. The molecule has 2 aromatic heterocycles. The zero-order chi connectivity index (χ0) is 31.9. The second kappa shape index (κ2) is 10.2. The van der Waals surface area contributed by atoms with E-state index in [1.807, 2.05) is 0 Å². The lowest BCUT2D eigenvalue weighted by Crippen LogP contribution is -2.14. The molecule has 0 spiro atoms. The molecule has 0 saturated heterocycles. The van der Waals surface area contributed by atoms with Crippen molar-refractivity contribution in [3.05, 3.63) is 174 Å². The van der Waals surface area contributed by atoms with Crippen LogP contribution in [0.4, 0.5) is 0 Å². The van der Waals surface area contributed by atoms with Crippen LogP contribution in [0.2, 0.25) is 0 Å². The van der Waals surface area contributed by atoms with Crippen LogP contribution in [0.15, 0.2) is 163 Å². The molecule has 48 heavy (non-hydrogen) atoms. The molecule has 0 amide bonds. The molecule has 10 rings (SSSR count). The molecular formula is C45H33N3. The molecule has 2 aliphatic carbocycles. The maximum Gasteiger partial charge on any atom is 0.0572 e. The molecule has 8 aromatic rings. The van der Waals surface area contributed by atoms with Crippen LogP contribution in [0.5, 0.6) is 0 Å². The quantitative estimate of drug-likeness (QED) is 0.211. The van der Waals surface area contributed by atoms with Crippen molar-refractivity contribution in [3.8, 4) is 16.8 Å². The molecule has 228 valence electrons. The van der Waals surface area contributed by atoms with Gasteiger partial charge in [0.25, 0.3) is 0 Å². The zero-order valence-electron chi connectivity index (χ0n) is 26.7. The lowest BCUT2D eigenvalue weighted by molar-refractivity contribution is 0.633. The molecule has 0 aliphatic heterocycles. The highest BCUT2D eigenvalue weighted by Gasteiger charge is 2.33. The third-order valence-electron chi connectivity index (χ3n) is 10.6. The van der Waals surface area contributed by atoms with E-state index in [4.69, 9.17) is 5.73 Å². The van der Waals surface area contributed by atoms with Gasteiger partial charge in [-0.2, -0.15) is 0 Å². The Labute approximate surface area is 279 Å². The van der Waals surface area contributed by atoms with E-state index in [-0.39, 0.29) is 6.04 Å². The number of benzene rings is 6. The van der Waals surface area contributed by atoms with E-state index in [1.54, 1.807) is 0 Å². The van der Waals surface area contributed by atoms with Gasteiger partial charge in [0.1, 0.15) is 0 Å². The summed E-state index contributed by atoms with van der Waals surface area (Å²) in [5, 5.41) is 5.10. The Balaban J connectivity index is 1.15. The Morgan fingerprint density at radius 2 is 1.15 bits per heavy atom. The van der Waals surface area contributed by atoms with Crippen LogP contribution in [0.3, 0.4) is 0 Å². The van der Waals surface area contributed by atoms with Crippen LogP contribution in [0.1, 0.15) is 30.5 Å². The minimum absolute atomic E-state index is 0.169. The topological polar surface area (TPSA) is 35.9 Å². The normalized spacial score (nSPS) is 16.7. The van der Waals surface area contributed by atoms with Crippen LogP contribution in [-0.2, 0) is 0 Å². The molecule has 3 heteroatoms. The van der Waals surface area contributed by atoms with Crippen LogP contribution < -0.4 is 5.73 Å². The highest BCUT2D eigenvalue weighted by atomic mass is 15.0. The second-order valence-electron chi connectivity index (χ2n) is 13.0. The van der Waals surface area contributed by atoms with Crippen molar-refractivity contribution in [2.24, 2.45) is 5.73 Å². The van der Waals surface area contributed by atoms with Crippen LogP contribution in [-0.4, -0.2) is 9.13 Å². The van der Waals surface area contributed by atoms with Crippen molar-refractivity contribution in [1.29, 1.82) is 0 Å². The average Bonchev–Trinajstić information content (AvgIpc) is 3.76. The van der Waals surface area contributed by atoms with E-state index in [0.717, 1.165) is 17.7 Å². The molecule has 3 nitrogen and oxygen atoms in total. The fourth-order valence-electron chi connectivity index (χ4n) is 8.44. The van der Waals surface area contributed by atoms with E-state index >= 15 is 0 Å². The summed E-state index contributed by atoms with van der Waals surface area (Å²) in [6.45, 7) is 2.14. The lowest BCUT2D eigenvalue weighted by atomic mass is 9.85. The lowest BCUT2D eigenvalue weighted by Gasteiger charge is -2.27. The minimum Gasteiger partial charge on any atom is -0.398 e. The van der Waals surface area contributed by atoms with Gasteiger partial charge in [-0.15, -0.1) is 0 Å². The predicted octanol–water partition coefficient (Wildman–Crippen LogP) is 11.2. The summed E-state index contributed by atoms with van der Waals surface area (Å²) >= 11 is 0. The van der Waals surface area contributed by atoms with Crippen molar-refractivity contribution in [3.63, 3.8) is 0 Å². The standard InChI is InChI=1S/C45H33N3/c1-2-28-24-32(27-39-33-14-6-7-17-36(33)45(46)44(28)39)48-41-19-11-9-16-35(41)38-26-30(21-23-43(38)48)29-20-22-42-37(25-29)34-15-8-10-18-40(34)47(42)31-12-4-3-5-13-31/h2-23,25-27,32H,24,46H2,1H3/b28-2-. The molecule has 0 bridgehead atoms. The van der Waals surface area contributed by atoms with E-state index in [9.17, 15) is 0 Å². The number of hydrogen-bond acceptors (Lipinski definition) is 1. The molecule has 2 N–H and O–H groups in total. The van der Waals surface area contributed by atoms with Gasteiger partial charge in [-0.1, -0.05) is 103 Å². The maximum atomic E-state index is 6.77. The van der Waals surface area contributed by atoms with Crippen molar-refractivity contribution >= 4 is 54.9 Å². The Bertz CT molecular complexity index is 2710. The van der Waals surface area contributed by atoms with Crippen LogP contribution in [0, 0.1) is 0 Å². The highest BCUT2D eigenvalue weighted by Crippen LogP contribution is 2.50. The molecule has 0 radical (unpaired) electrons. The summed E-state index contributed by atoms with van der Waals surface area (Å²) < 4.78 is 4.93. The van der Waals surface area contributed by atoms with E-state index in [2.05, 4.69) is 168 Å². The molecule has 6 aromatic carbocycles. The molecule has 2 aliphatic rings. The van der Waals surface area contributed by atoms with Gasteiger partial charge in [0.05, 0.1) is 17.1 Å². The fraction of sp³-hybridized carbons (Fsp3) is 0.0667. The van der Waals surface area contributed by atoms with Gasteiger partial charge in [-0.25, -0.2) is 0 Å². The first-order chi connectivity index (χ1) is 23.7. The highest BCUT2D eigenvalue weighted by molar-refractivity contribution is 6.12. The second-order valence-corrected chi connectivity index (χ2v) is 13.0. The Kier molecular flexibility index (Phi) is 5.77. The van der Waals surface area contributed by atoms with Crippen molar-refractivity contribution in [2.75, 3.05) is 0 Å². The largest absolute Gasteiger partial charge is 0.398 e. The van der Waals surface area contributed by atoms with Gasteiger partial charge in [-0.3, -0.25) is 0 Å². The summed E-state index contributed by atoms with van der Waals surface area (Å²) in [4.78, 5) is 0. The van der Waals surface area contributed by atoms with E-state index in [1.165, 1.54) is 82.7 Å². The summed E-state index contributed by atoms with van der Waals surface area (Å²) in [7, 11) is 0. The van der Waals surface area contributed by atoms with Crippen LogP contribution in [0.25, 0.3) is 71.7 Å². The number of nitrogens with zero attached hydrogens (tertiary/aromatic N) is 2. The monoisotopic (exact) mass is 615 g/mol. The number of rotatable bonds is 3. The fourth-order valence-corrected chi connectivity index (χ4v) is 8.44. The predicted molar refractivity (Wildman–Crippen MR) is 202 cm³/mol. The number of aromatic nitrogens is 2. The minimum atomic E-state index is 0.169. The SMILES string of the molecule is C/C=C1/CC(n2c3ccccc3c3cc(-c4ccc5c(c4)c4ccccc4n5-c4ccccc4)ccc32)C=C2C1=C(N)c1ccccc12. The number of para-hydroxylation sites is 3. The van der Waals surface area contributed by atoms with Crippen molar-refractivity contribution < 1.29 is 0 Å². The summed E-state index contributed by atoms with van der Waals surface area (Å²) in [6, 6.07) is 51.0. The summed E-state index contributed by atoms with van der Waals surface area (Å²) in [5.41, 5.74) is 22.4. The molecule has 0 saturated carbocycles. The molecular weight excluding hydrogens is 583 g/mol. The number of fused-ring (bicyclic) bond motifs is 9. The summed E-state index contributed by atoms with van der Waals surface area (Å²) in [5.74, 6) is 0. The van der Waals surface area contributed by atoms with Gasteiger partial charge in [0.2, 0.25) is 0 Å². The smallest absolute Gasteiger partial charge is 0.0572 e. The van der Waals surface area contributed by atoms with Gasteiger partial charge < -0.3 is 14.9 Å². The van der Waals surface area contributed by atoms with Crippen LogP contribution >= 0.6 is 0 Å². The molecule has 1 unspecified atom stereocenters. The molecule has 2 heterocycles. The third-order valence-corrected chi connectivity index (χ3v) is 10.6. The average molecular weight is 616 g/mol. The van der Waals surface area contributed by atoms with Crippen molar-refractivity contribution in [2.45, 2.75) is 19.4 Å². The van der Waals surface area contributed by atoms with Gasteiger partial charge in [0.15, 0.2) is 0 Å². The number of nitrogens with two attached hydrogens (primary N) is 1. The number of hydrogen-bond donors (Lipinski definition) is 1. The first-order valence-corrected chi connectivity index (χ1v) is 16.8. The molecule has 1 atom stereocenters. The summed E-state index contributed by atoms with van der Waals surface area (Å²) in [6.07, 6.45) is 5.62.